The summed E-state index contributed by atoms with van der Waals surface area (Å²) in [5, 5.41) is 10.4. The molecule has 0 aromatic heterocycles. The number of Topliss-reactive ketones (excluding diaryl/α,β-unsaturated/α-hetero) is 2. The van der Waals surface area contributed by atoms with Crippen LogP contribution in [-0.2, 0) is 24.0 Å². The molecule has 2 saturated carbocycles. The van der Waals surface area contributed by atoms with Crippen molar-refractivity contribution in [3.8, 4) is 0 Å². The third-order valence-corrected chi connectivity index (χ3v) is 8.49. The number of rotatable bonds is 13. The molecule has 3 rings (SSSR count). The van der Waals surface area contributed by atoms with E-state index in [1.807, 2.05) is 18.7 Å². The molecule has 5 amide bonds. The van der Waals surface area contributed by atoms with Gasteiger partial charge in [0.25, 0.3) is 5.91 Å². The summed E-state index contributed by atoms with van der Waals surface area (Å²) in [6.07, 6.45) is 6.46. The molecule has 2 aliphatic carbocycles. The molecule has 4 N–H and O–H groups in total. The molecular formula is C33H54F3N5O6. The first-order valence-corrected chi connectivity index (χ1v) is 16.7. The van der Waals surface area contributed by atoms with Crippen LogP contribution in [0.25, 0.3) is 0 Å². The Bertz CT molecular complexity index is 1060. The summed E-state index contributed by atoms with van der Waals surface area (Å²) in [6, 6.07) is -1.88. The van der Waals surface area contributed by atoms with Crippen molar-refractivity contribution in [2.45, 2.75) is 129 Å². The van der Waals surface area contributed by atoms with E-state index in [4.69, 9.17) is 0 Å². The van der Waals surface area contributed by atoms with Crippen LogP contribution in [0.15, 0.2) is 12.7 Å². The first kappa shape index (κ1) is 41.6. The molecule has 0 bridgehead atoms. The Morgan fingerprint density at radius 1 is 0.936 bits per heavy atom. The Labute approximate surface area is 276 Å². The van der Waals surface area contributed by atoms with Gasteiger partial charge in [-0.05, 0) is 64.2 Å². The Morgan fingerprint density at radius 2 is 1.53 bits per heavy atom. The maximum absolute atomic E-state index is 13.3. The number of hydrogen-bond donors (Lipinski definition) is 4. The topological polar surface area (TPSA) is 154 Å². The van der Waals surface area contributed by atoms with Crippen LogP contribution in [0.1, 0.15) is 98.8 Å². The van der Waals surface area contributed by atoms with E-state index in [0.29, 0.717) is 6.41 Å². The number of hydrogen-bond acceptors (Lipinski definition) is 6. The molecule has 0 spiro atoms. The van der Waals surface area contributed by atoms with Crippen LogP contribution in [0, 0.1) is 17.8 Å². The third-order valence-electron chi connectivity index (χ3n) is 8.49. The lowest BCUT2D eigenvalue weighted by atomic mass is 9.83. The molecule has 0 aromatic carbocycles. The van der Waals surface area contributed by atoms with Gasteiger partial charge in [-0.2, -0.15) is 13.2 Å². The molecule has 1 aliphatic heterocycles. The largest absolute Gasteiger partial charge is 0.388 e. The molecule has 14 heteroatoms. The van der Waals surface area contributed by atoms with E-state index in [1.165, 1.54) is 19.4 Å². The summed E-state index contributed by atoms with van der Waals surface area (Å²) < 4.78 is 32.4. The van der Waals surface area contributed by atoms with E-state index in [-0.39, 0.29) is 48.1 Å². The second-order valence-corrected chi connectivity index (χ2v) is 12.8. The number of nitrogens with zero attached hydrogens (tertiary/aromatic N) is 1. The minimum absolute atomic E-state index is 0.0429. The SMILES string of the molecule is C=CCNC(=O)C(=O)C(C)NC=O.CC(C)C(NC(=O)NC(C(=O)N1CCCC1C)C1CCCCC1)C(=O)C1CC1.CCC(F)(F)F. The fraction of sp³-hybridized carbons (Fsp3) is 0.758. The number of amides is 5. The van der Waals surface area contributed by atoms with E-state index in [0.717, 1.165) is 64.8 Å². The number of carbonyl (C=O) groups excluding carboxylic acids is 6. The van der Waals surface area contributed by atoms with E-state index >= 15 is 0 Å². The van der Waals surface area contributed by atoms with E-state index < -0.39 is 42.4 Å². The molecule has 47 heavy (non-hydrogen) atoms. The van der Waals surface area contributed by atoms with Gasteiger partial charge in [0.05, 0.1) is 12.1 Å². The number of halogens is 3. The fourth-order valence-electron chi connectivity index (χ4n) is 5.43. The number of alkyl halides is 3. The predicted octanol–water partition coefficient (Wildman–Crippen LogP) is 4.20. The van der Waals surface area contributed by atoms with Crippen molar-refractivity contribution >= 4 is 35.8 Å². The molecule has 1 heterocycles. The van der Waals surface area contributed by atoms with Crippen molar-refractivity contribution in [3.05, 3.63) is 12.7 Å². The van der Waals surface area contributed by atoms with Crippen molar-refractivity contribution in [1.29, 1.82) is 0 Å². The summed E-state index contributed by atoms with van der Waals surface area (Å²) >= 11 is 0. The average molecular weight is 674 g/mol. The van der Waals surface area contributed by atoms with Gasteiger partial charge in [0.1, 0.15) is 6.04 Å². The summed E-state index contributed by atoms with van der Waals surface area (Å²) in [4.78, 5) is 72.5. The number of carbonyl (C=O) groups is 6. The van der Waals surface area contributed by atoms with Crippen molar-refractivity contribution in [3.63, 3.8) is 0 Å². The molecule has 3 fully saturated rings. The second kappa shape index (κ2) is 20.7. The summed E-state index contributed by atoms with van der Waals surface area (Å²) in [5.41, 5.74) is 0. The molecular weight excluding hydrogens is 619 g/mol. The zero-order valence-electron chi connectivity index (χ0n) is 28.4. The van der Waals surface area contributed by atoms with Crippen molar-refractivity contribution in [1.82, 2.24) is 26.2 Å². The maximum atomic E-state index is 13.3. The van der Waals surface area contributed by atoms with Crippen molar-refractivity contribution in [2.75, 3.05) is 13.1 Å². The molecule has 1 saturated heterocycles. The number of nitrogens with one attached hydrogen (secondary N) is 4. The zero-order valence-corrected chi connectivity index (χ0v) is 28.4. The highest BCUT2D eigenvalue weighted by Crippen LogP contribution is 2.32. The quantitative estimate of drug-likeness (QED) is 0.131. The van der Waals surface area contributed by atoms with Crippen LogP contribution in [0.2, 0.25) is 0 Å². The van der Waals surface area contributed by atoms with E-state index in [1.54, 1.807) is 0 Å². The van der Waals surface area contributed by atoms with Crippen molar-refractivity contribution < 1.29 is 41.9 Å². The minimum atomic E-state index is -3.96. The number of urea groups is 1. The smallest absolute Gasteiger partial charge is 0.349 e. The lowest BCUT2D eigenvalue weighted by Crippen LogP contribution is -2.58. The summed E-state index contributed by atoms with van der Waals surface area (Å²) in [5.74, 6) is -0.858. The van der Waals surface area contributed by atoms with Gasteiger partial charge in [0.15, 0.2) is 5.78 Å². The van der Waals surface area contributed by atoms with E-state index in [9.17, 15) is 41.9 Å². The van der Waals surface area contributed by atoms with Crippen molar-refractivity contribution in [2.24, 2.45) is 17.8 Å². The molecule has 268 valence electrons. The van der Waals surface area contributed by atoms with Gasteiger partial charge in [0, 0.05) is 31.5 Å². The van der Waals surface area contributed by atoms with Crippen LogP contribution in [0.4, 0.5) is 18.0 Å². The minimum Gasteiger partial charge on any atom is -0.349 e. The van der Waals surface area contributed by atoms with Gasteiger partial charge in [-0.15, -0.1) is 6.58 Å². The summed E-state index contributed by atoms with van der Waals surface area (Å²) in [7, 11) is 0. The molecule has 0 aromatic rings. The number of likely N-dealkylation sites (tertiary alicyclic amines) is 1. The van der Waals surface area contributed by atoms with E-state index in [2.05, 4.69) is 34.8 Å². The average Bonchev–Trinajstić information content (AvgIpc) is 3.80. The Morgan fingerprint density at radius 3 is 1.98 bits per heavy atom. The molecule has 4 atom stereocenters. The van der Waals surface area contributed by atoms with Crippen LogP contribution >= 0.6 is 0 Å². The molecule has 11 nitrogen and oxygen atoms in total. The van der Waals surface area contributed by atoms with Crippen LogP contribution in [0.5, 0.6) is 0 Å². The lowest BCUT2D eigenvalue weighted by Gasteiger charge is -2.34. The van der Waals surface area contributed by atoms with Gasteiger partial charge in [-0.1, -0.05) is 46.1 Å². The standard InChI is InChI=1S/C22H37N3O3.C8H12N2O3.C3H5F3/c1-14(2)18(20(26)17-11-12-17)23-22(28)24-19(16-9-5-4-6-10-16)21(27)25-13-7-8-15(25)3;1-3-4-9-8(13)7(12)6(2)10-5-11;1-2-3(4,5)6/h14-19H,4-13H2,1-3H3,(H2,23,24,28);3,5-6H,1,4H2,2H3,(H,9,13)(H,10,11);2H2,1H3. The van der Waals surface area contributed by atoms with Gasteiger partial charge < -0.3 is 26.2 Å². The Kier molecular flexibility index (Phi) is 18.3. The van der Waals surface area contributed by atoms with Crippen LogP contribution < -0.4 is 21.3 Å². The summed E-state index contributed by atoms with van der Waals surface area (Å²) in [6.45, 7) is 12.9. The fourth-order valence-corrected chi connectivity index (χ4v) is 5.43. The Balaban J connectivity index is 0.000000483. The second-order valence-electron chi connectivity index (χ2n) is 12.8. The highest BCUT2D eigenvalue weighted by Gasteiger charge is 2.39. The third kappa shape index (κ3) is 15.3. The lowest BCUT2D eigenvalue weighted by molar-refractivity contribution is -0.139. The molecule has 0 radical (unpaired) electrons. The number of ketones is 2. The molecule has 3 aliphatic rings. The highest BCUT2D eigenvalue weighted by molar-refractivity contribution is 6.38. The Hall–Kier alpha value is -3.45. The normalized spacial score (nSPS) is 19.8. The first-order chi connectivity index (χ1) is 22.1. The van der Waals surface area contributed by atoms with Crippen LogP contribution in [-0.4, -0.2) is 84.2 Å². The van der Waals surface area contributed by atoms with Crippen LogP contribution in [0.3, 0.4) is 0 Å². The maximum Gasteiger partial charge on any atom is 0.388 e. The van der Waals surface area contributed by atoms with Gasteiger partial charge in [-0.3, -0.25) is 24.0 Å². The molecule has 4 unspecified atom stereocenters. The first-order valence-electron chi connectivity index (χ1n) is 16.7. The van der Waals surface area contributed by atoms with Gasteiger partial charge in [0.2, 0.25) is 18.1 Å². The predicted molar refractivity (Wildman–Crippen MR) is 172 cm³/mol. The monoisotopic (exact) mass is 673 g/mol. The highest BCUT2D eigenvalue weighted by atomic mass is 19.4. The zero-order chi connectivity index (χ0) is 35.7. The van der Waals surface area contributed by atoms with Gasteiger partial charge in [-0.25, -0.2) is 4.79 Å². The van der Waals surface area contributed by atoms with Gasteiger partial charge >= 0.3 is 12.2 Å².